The van der Waals surface area contributed by atoms with E-state index >= 15 is 0 Å². The maximum absolute atomic E-state index is 11.3. The molecule has 1 N–H and O–H groups in total. The summed E-state index contributed by atoms with van der Waals surface area (Å²) in [4.78, 5) is 15.6. The molecule has 1 amide bonds. The van der Waals surface area contributed by atoms with Gasteiger partial charge >= 0.3 is 0 Å². The smallest absolute Gasteiger partial charge is 0.219 e. The van der Waals surface area contributed by atoms with Crippen LogP contribution in [0.4, 0.5) is 0 Å². The maximum atomic E-state index is 11.3. The molecule has 1 aromatic carbocycles. The minimum absolute atomic E-state index is 0.00200. The van der Waals surface area contributed by atoms with Crippen molar-refractivity contribution in [1.82, 2.24) is 10.3 Å². The van der Waals surface area contributed by atoms with Gasteiger partial charge in [0.25, 0.3) is 0 Å². The Morgan fingerprint density at radius 3 is 2.74 bits per heavy atom. The molecule has 2 aromatic rings. The lowest BCUT2D eigenvalue weighted by atomic mass is 10.0. The lowest BCUT2D eigenvalue weighted by molar-refractivity contribution is -0.119. The molecule has 0 saturated heterocycles. The van der Waals surface area contributed by atoms with Crippen LogP contribution < -0.4 is 14.8 Å². The van der Waals surface area contributed by atoms with Gasteiger partial charge in [-0.2, -0.15) is 0 Å². The third-order valence-electron chi connectivity index (χ3n) is 4.82. The van der Waals surface area contributed by atoms with Crippen molar-refractivity contribution in [2.75, 3.05) is 0 Å². The molecule has 0 unspecified atom stereocenters. The third kappa shape index (κ3) is 4.13. The van der Waals surface area contributed by atoms with E-state index in [0.29, 0.717) is 5.88 Å². The van der Waals surface area contributed by atoms with Gasteiger partial charge in [0, 0.05) is 31.2 Å². The second-order valence-electron chi connectivity index (χ2n) is 8.01. The second kappa shape index (κ2) is 6.41. The number of amides is 1. The van der Waals surface area contributed by atoms with E-state index < -0.39 is 0 Å². The zero-order chi connectivity index (χ0) is 19.1. The number of rotatable bonds is 5. The zero-order valence-electron chi connectivity index (χ0n) is 15.9. The molecule has 1 aromatic heterocycles. The molecule has 0 radical (unpaired) electrons. The van der Waals surface area contributed by atoms with Gasteiger partial charge < -0.3 is 14.8 Å². The van der Waals surface area contributed by atoms with Crippen molar-refractivity contribution in [2.45, 2.75) is 51.2 Å². The third-order valence-corrected chi connectivity index (χ3v) is 4.82. The first-order valence-electron chi connectivity index (χ1n) is 9.26. The normalized spacial score (nSPS) is 18.6. The molecule has 0 atom stereocenters. The molecular formula is C22H24N2O3. The highest BCUT2D eigenvalue weighted by molar-refractivity contribution is 5.75. The minimum Gasteiger partial charge on any atom is -0.487 e. The van der Waals surface area contributed by atoms with Crippen LogP contribution in [0.3, 0.4) is 0 Å². The topological polar surface area (TPSA) is 60.5 Å². The molecule has 5 heteroatoms. The van der Waals surface area contributed by atoms with Gasteiger partial charge in [0.05, 0.1) is 5.54 Å². The number of carbonyl (C=O) groups excluding carboxylic acids is 1. The Bertz CT molecular complexity index is 896. The first-order valence-corrected chi connectivity index (χ1v) is 9.26. The Hall–Kier alpha value is -2.82. The van der Waals surface area contributed by atoms with Gasteiger partial charge in [0.2, 0.25) is 11.8 Å². The van der Waals surface area contributed by atoms with Crippen LogP contribution >= 0.6 is 0 Å². The lowest BCUT2D eigenvalue weighted by Gasteiger charge is -2.16. The highest BCUT2D eigenvalue weighted by Crippen LogP contribution is 2.38. The van der Waals surface area contributed by atoms with Gasteiger partial charge in [0.1, 0.15) is 17.1 Å². The van der Waals surface area contributed by atoms with E-state index in [4.69, 9.17) is 9.47 Å². The van der Waals surface area contributed by atoms with E-state index in [-0.39, 0.29) is 17.0 Å². The molecule has 5 nitrogen and oxygen atoms in total. The van der Waals surface area contributed by atoms with Crippen molar-refractivity contribution in [3.63, 3.8) is 0 Å². The van der Waals surface area contributed by atoms with Crippen LogP contribution in [0, 0.1) is 0 Å². The lowest BCUT2D eigenvalue weighted by Crippen LogP contribution is -2.33. The van der Waals surface area contributed by atoms with Crippen molar-refractivity contribution in [3.8, 4) is 17.4 Å². The molecule has 1 fully saturated rings. The van der Waals surface area contributed by atoms with E-state index in [1.807, 2.05) is 42.5 Å². The van der Waals surface area contributed by atoms with Crippen molar-refractivity contribution in [1.29, 1.82) is 0 Å². The number of nitrogens with zero attached hydrogens (tertiary/aromatic N) is 1. The monoisotopic (exact) mass is 364 g/mol. The Morgan fingerprint density at radius 1 is 1.26 bits per heavy atom. The molecule has 1 aliphatic heterocycles. The number of carbonyl (C=O) groups is 1. The molecule has 0 spiro atoms. The Balaban J connectivity index is 1.41. The molecule has 27 heavy (non-hydrogen) atoms. The molecule has 140 valence electrons. The molecule has 1 aliphatic carbocycles. The van der Waals surface area contributed by atoms with Gasteiger partial charge in [-0.1, -0.05) is 12.2 Å². The van der Waals surface area contributed by atoms with Crippen molar-refractivity contribution in [3.05, 3.63) is 53.7 Å². The fourth-order valence-corrected chi connectivity index (χ4v) is 3.40. The van der Waals surface area contributed by atoms with Gasteiger partial charge in [-0.3, -0.25) is 4.79 Å². The fraction of sp³-hybridized carbons (Fsp3) is 0.364. The SMILES string of the molecule is CC(=O)NC1(/C=C/c2ccc(Oc3ccc4c(c3)CC(C)(C)O4)nc2)CC1. The van der Waals surface area contributed by atoms with E-state index in [0.717, 1.165) is 41.9 Å². The summed E-state index contributed by atoms with van der Waals surface area (Å²) in [6, 6.07) is 9.69. The van der Waals surface area contributed by atoms with Gasteiger partial charge in [-0.25, -0.2) is 4.98 Å². The van der Waals surface area contributed by atoms with E-state index in [9.17, 15) is 4.79 Å². The first-order chi connectivity index (χ1) is 12.8. The van der Waals surface area contributed by atoms with E-state index in [1.54, 1.807) is 13.1 Å². The highest BCUT2D eigenvalue weighted by Gasteiger charge is 2.40. The number of benzene rings is 1. The number of ether oxygens (including phenoxy) is 2. The molecule has 2 heterocycles. The summed E-state index contributed by atoms with van der Waals surface area (Å²) in [5.41, 5.74) is 1.80. The summed E-state index contributed by atoms with van der Waals surface area (Å²) in [5, 5.41) is 2.99. The number of nitrogens with one attached hydrogen (secondary N) is 1. The van der Waals surface area contributed by atoms with Crippen LogP contribution in [0.5, 0.6) is 17.4 Å². The minimum atomic E-state index is -0.165. The Morgan fingerprint density at radius 2 is 2.07 bits per heavy atom. The van der Waals surface area contributed by atoms with E-state index in [2.05, 4.69) is 24.1 Å². The average Bonchev–Trinajstić information content (AvgIpc) is 3.27. The van der Waals surface area contributed by atoms with Crippen molar-refractivity contribution in [2.24, 2.45) is 0 Å². The summed E-state index contributed by atoms with van der Waals surface area (Å²) < 4.78 is 11.8. The van der Waals surface area contributed by atoms with E-state index in [1.165, 1.54) is 0 Å². The predicted molar refractivity (Wildman–Crippen MR) is 104 cm³/mol. The van der Waals surface area contributed by atoms with Crippen LogP contribution in [0.1, 0.15) is 44.7 Å². The van der Waals surface area contributed by atoms with Gasteiger partial charge in [0.15, 0.2) is 0 Å². The van der Waals surface area contributed by atoms with Gasteiger partial charge in [-0.15, -0.1) is 0 Å². The highest BCUT2D eigenvalue weighted by atomic mass is 16.5. The quantitative estimate of drug-likeness (QED) is 0.861. The molecular weight excluding hydrogens is 340 g/mol. The standard InChI is InChI=1S/C22H24N2O3/c1-15(25)24-22(10-11-22)9-8-16-4-7-20(23-14-16)26-18-5-6-19-17(12-18)13-21(2,3)27-19/h4-9,12,14H,10-11,13H2,1-3H3,(H,24,25)/b9-8+. The first kappa shape index (κ1) is 17.6. The molecule has 4 rings (SSSR count). The number of aromatic nitrogens is 1. The molecule has 1 saturated carbocycles. The van der Waals surface area contributed by atoms with Crippen molar-refractivity contribution >= 4 is 12.0 Å². The van der Waals surface area contributed by atoms with Crippen LogP contribution in [0.15, 0.2) is 42.6 Å². The predicted octanol–water partition coefficient (Wildman–Crippen LogP) is 4.27. The zero-order valence-corrected chi connectivity index (χ0v) is 15.9. The summed E-state index contributed by atoms with van der Waals surface area (Å²) in [6.07, 6.45) is 8.65. The fourth-order valence-electron chi connectivity index (χ4n) is 3.40. The summed E-state index contributed by atoms with van der Waals surface area (Å²) in [5.74, 6) is 2.23. The number of pyridine rings is 1. The molecule has 2 aliphatic rings. The van der Waals surface area contributed by atoms with Crippen LogP contribution in [-0.4, -0.2) is 22.0 Å². The van der Waals surface area contributed by atoms with Gasteiger partial charge in [-0.05, 0) is 56.5 Å². The largest absolute Gasteiger partial charge is 0.487 e. The Labute approximate surface area is 159 Å². The summed E-state index contributed by atoms with van der Waals surface area (Å²) in [6.45, 7) is 5.71. The van der Waals surface area contributed by atoms with Crippen LogP contribution in [0.25, 0.3) is 6.08 Å². The number of hydrogen-bond acceptors (Lipinski definition) is 4. The molecule has 0 bridgehead atoms. The summed E-state index contributed by atoms with van der Waals surface area (Å²) >= 11 is 0. The second-order valence-corrected chi connectivity index (χ2v) is 8.01. The average molecular weight is 364 g/mol. The Kier molecular flexibility index (Phi) is 4.17. The van der Waals surface area contributed by atoms with Crippen LogP contribution in [-0.2, 0) is 11.2 Å². The summed E-state index contributed by atoms with van der Waals surface area (Å²) in [7, 11) is 0. The van der Waals surface area contributed by atoms with Crippen LogP contribution in [0.2, 0.25) is 0 Å². The van der Waals surface area contributed by atoms with Crippen molar-refractivity contribution < 1.29 is 14.3 Å². The number of hydrogen-bond donors (Lipinski definition) is 1. The maximum Gasteiger partial charge on any atom is 0.219 e. The number of fused-ring (bicyclic) bond motifs is 1.